The number of benzene rings is 2. The van der Waals surface area contributed by atoms with Gasteiger partial charge in [0.1, 0.15) is 12.3 Å². The molecule has 1 amide bonds. The maximum Gasteiger partial charge on any atom is 0.260 e. The van der Waals surface area contributed by atoms with E-state index >= 15 is 0 Å². The number of sulfonamides is 1. The van der Waals surface area contributed by atoms with Crippen molar-refractivity contribution in [1.29, 1.82) is 0 Å². The van der Waals surface area contributed by atoms with Crippen molar-refractivity contribution < 1.29 is 17.9 Å². The molecule has 3 rings (SSSR count). The van der Waals surface area contributed by atoms with E-state index < -0.39 is 22.5 Å². The lowest BCUT2D eigenvalue weighted by atomic mass is 10.2. The third-order valence-corrected chi connectivity index (χ3v) is 6.40. The SMILES string of the molecule is CCOc1ccccc1N(CC(=O)N/N=C\c1cc(C)n(-c2ccc(C)cc2)c1C)S(C)(=O)=O. The Morgan fingerprint density at radius 3 is 2.44 bits per heavy atom. The van der Waals surface area contributed by atoms with E-state index in [0.29, 0.717) is 18.0 Å². The molecule has 1 aromatic heterocycles. The van der Waals surface area contributed by atoms with Crippen molar-refractivity contribution in [3.63, 3.8) is 0 Å². The summed E-state index contributed by atoms with van der Waals surface area (Å²) in [6.45, 7) is 7.77. The Morgan fingerprint density at radius 1 is 1.12 bits per heavy atom. The zero-order valence-corrected chi connectivity index (χ0v) is 20.9. The summed E-state index contributed by atoms with van der Waals surface area (Å²) < 4.78 is 33.5. The largest absolute Gasteiger partial charge is 0.492 e. The highest BCUT2D eigenvalue weighted by molar-refractivity contribution is 7.92. The monoisotopic (exact) mass is 482 g/mol. The van der Waals surface area contributed by atoms with E-state index in [4.69, 9.17) is 4.74 Å². The number of ether oxygens (including phenoxy) is 1. The Bertz CT molecular complexity index is 1290. The summed E-state index contributed by atoms with van der Waals surface area (Å²) in [5.41, 5.74) is 7.81. The van der Waals surface area contributed by atoms with Gasteiger partial charge < -0.3 is 9.30 Å². The van der Waals surface area contributed by atoms with Gasteiger partial charge in [0, 0.05) is 22.6 Å². The van der Waals surface area contributed by atoms with Gasteiger partial charge in [-0.2, -0.15) is 5.10 Å². The maximum absolute atomic E-state index is 12.6. The van der Waals surface area contributed by atoms with Gasteiger partial charge in [0.25, 0.3) is 5.91 Å². The molecule has 0 atom stereocenters. The van der Waals surface area contributed by atoms with Crippen molar-refractivity contribution in [1.82, 2.24) is 9.99 Å². The molecule has 0 aliphatic carbocycles. The highest BCUT2D eigenvalue weighted by Crippen LogP contribution is 2.29. The van der Waals surface area contributed by atoms with Crippen LogP contribution in [0.3, 0.4) is 0 Å². The summed E-state index contributed by atoms with van der Waals surface area (Å²) in [7, 11) is -3.74. The number of hydrogen-bond donors (Lipinski definition) is 1. The van der Waals surface area contributed by atoms with Crippen LogP contribution in [0.5, 0.6) is 5.75 Å². The van der Waals surface area contributed by atoms with Gasteiger partial charge in [-0.1, -0.05) is 29.8 Å². The first kappa shape index (κ1) is 25.0. The number of nitrogens with zero attached hydrogens (tertiary/aromatic N) is 3. The Hall–Kier alpha value is -3.59. The summed E-state index contributed by atoms with van der Waals surface area (Å²) >= 11 is 0. The van der Waals surface area contributed by atoms with Crippen LogP contribution in [-0.2, 0) is 14.8 Å². The third-order valence-electron chi connectivity index (χ3n) is 5.28. The molecule has 0 saturated heterocycles. The number of carbonyl (C=O) groups excluding carboxylic acids is 1. The van der Waals surface area contributed by atoms with Gasteiger partial charge in [0.2, 0.25) is 10.0 Å². The molecule has 2 aromatic carbocycles. The van der Waals surface area contributed by atoms with Crippen LogP contribution < -0.4 is 14.5 Å². The van der Waals surface area contributed by atoms with Crippen molar-refractivity contribution in [3.05, 3.63) is 77.1 Å². The van der Waals surface area contributed by atoms with E-state index in [9.17, 15) is 13.2 Å². The predicted octanol–water partition coefficient (Wildman–Crippen LogP) is 3.72. The van der Waals surface area contributed by atoms with Crippen LogP contribution in [-0.4, -0.2) is 44.5 Å². The number of para-hydroxylation sites is 2. The molecule has 9 heteroatoms. The van der Waals surface area contributed by atoms with Crippen molar-refractivity contribution in [2.75, 3.05) is 23.7 Å². The molecule has 0 bridgehead atoms. The van der Waals surface area contributed by atoms with Crippen LogP contribution in [0.15, 0.2) is 59.7 Å². The van der Waals surface area contributed by atoms with E-state index in [0.717, 1.165) is 33.2 Å². The first-order valence-corrected chi connectivity index (χ1v) is 12.7. The molecule has 1 N–H and O–H groups in total. The fourth-order valence-electron chi connectivity index (χ4n) is 3.67. The number of nitrogens with one attached hydrogen (secondary N) is 1. The molecule has 3 aromatic rings. The van der Waals surface area contributed by atoms with E-state index in [1.807, 2.05) is 26.8 Å². The fraction of sp³-hybridized carbons (Fsp3) is 0.280. The van der Waals surface area contributed by atoms with Gasteiger partial charge in [-0.15, -0.1) is 0 Å². The first-order chi connectivity index (χ1) is 16.1. The zero-order chi connectivity index (χ0) is 24.9. The second-order valence-electron chi connectivity index (χ2n) is 7.96. The molecule has 1 heterocycles. The molecular formula is C25H30N4O4S. The quantitative estimate of drug-likeness (QED) is 0.372. The van der Waals surface area contributed by atoms with Crippen LogP contribution in [0.4, 0.5) is 5.69 Å². The van der Waals surface area contributed by atoms with Gasteiger partial charge in [-0.05, 0) is 58.0 Å². The molecule has 180 valence electrons. The maximum atomic E-state index is 12.6. The van der Waals surface area contributed by atoms with Crippen molar-refractivity contribution >= 4 is 27.8 Å². The smallest absolute Gasteiger partial charge is 0.260 e. The van der Waals surface area contributed by atoms with Crippen LogP contribution in [0.25, 0.3) is 5.69 Å². The van der Waals surface area contributed by atoms with Crippen LogP contribution >= 0.6 is 0 Å². The normalized spacial score (nSPS) is 11.6. The van der Waals surface area contributed by atoms with Crippen molar-refractivity contribution in [2.45, 2.75) is 27.7 Å². The molecule has 0 aliphatic rings. The summed E-state index contributed by atoms with van der Waals surface area (Å²) in [5.74, 6) is -0.185. The number of anilines is 1. The third kappa shape index (κ3) is 5.85. The molecule has 8 nitrogen and oxygen atoms in total. The van der Waals surface area contributed by atoms with E-state index in [1.165, 1.54) is 5.56 Å². The van der Waals surface area contributed by atoms with Crippen LogP contribution in [0, 0.1) is 20.8 Å². The van der Waals surface area contributed by atoms with Gasteiger partial charge in [-0.25, -0.2) is 13.8 Å². The minimum atomic E-state index is -3.74. The molecule has 0 radical (unpaired) electrons. The second-order valence-corrected chi connectivity index (χ2v) is 9.87. The Kier molecular flexibility index (Phi) is 7.78. The van der Waals surface area contributed by atoms with E-state index in [-0.39, 0.29) is 0 Å². The van der Waals surface area contributed by atoms with Gasteiger partial charge >= 0.3 is 0 Å². The minimum absolute atomic E-state index is 0.299. The van der Waals surface area contributed by atoms with Gasteiger partial charge in [0.05, 0.1) is 24.8 Å². The molecular weight excluding hydrogens is 452 g/mol. The van der Waals surface area contributed by atoms with Crippen molar-refractivity contribution in [3.8, 4) is 11.4 Å². The standard InChI is InChI=1S/C25H30N4O4S/c1-6-33-24-10-8-7-9-23(24)28(34(5,31)32)17-25(30)27-26-16-21-15-19(3)29(20(21)4)22-13-11-18(2)12-14-22/h7-16H,6,17H2,1-5H3,(H,27,30)/b26-16-. The van der Waals surface area contributed by atoms with Crippen LogP contribution in [0.1, 0.15) is 29.4 Å². The molecule has 0 fully saturated rings. The molecule has 0 saturated carbocycles. The number of carbonyl (C=O) groups is 1. The summed E-state index contributed by atoms with van der Waals surface area (Å²) in [6.07, 6.45) is 2.61. The number of hydrazone groups is 1. The molecule has 0 aliphatic heterocycles. The average Bonchev–Trinajstić information content (AvgIpc) is 3.06. The number of aromatic nitrogens is 1. The zero-order valence-electron chi connectivity index (χ0n) is 20.1. The molecule has 0 spiro atoms. The number of aryl methyl sites for hydroxylation is 2. The number of rotatable bonds is 9. The molecule has 0 unspecified atom stereocenters. The minimum Gasteiger partial charge on any atom is -0.492 e. The topological polar surface area (TPSA) is 93.0 Å². The van der Waals surface area contributed by atoms with Crippen molar-refractivity contribution in [2.24, 2.45) is 5.10 Å². The fourth-order valence-corrected chi connectivity index (χ4v) is 4.53. The first-order valence-electron chi connectivity index (χ1n) is 10.9. The number of amides is 1. The molecule has 34 heavy (non-hydrogen) atoms. The van der Waals surface area contributed by atoms with Crippen LogP contribution in [0.2, 0.25) is 0 Å². The lowest BCUT2D eigenvalue weighted by molar-refractivity contribution is -0.119. The lowest BCUT2D eigenvalue weighted by Gasteiger charge is -2.23. The van der Waals surface area contributed by atoms with E-state index in [1.54, 1.807) is 37.4 Å². The van der Waals surface area contributed by atoms with Gasteiger partial charge in [0.15, 0.2) is 0 Å². The highest BCUT2D eigenvalue weighted by atomic mass is 32.2. The second kappa shape index (κ2) is 10.6. The highest BCUT2D eigenvalue weighted by Gasteiger charge is 2.23. The summed E-state index contributed by atoms with van der Waals surface area (Å²) in [6, 6.07) is 16.9. The number of hydrogen-bond acceptors (Lipinski definition) is 5. The van der Waals surface area contributed by atoms with Gasteiger partial charge in [-0.3, -0.25) is 9.10 Å². The Labute approximate surface area is 200 Å². The Morgan fingerprint density at radius 2 is 1.79 bits per heavy atom. The Balaban J connectivity index is 1.76. The van der Waals surface area contributed by atoms with E-state index in [2.05, 4.69) is 39.4 Å². The lowest BCUT2D eigenvalue weighted by Crippen LogP contribution is -2.39. The predicted molar refractivity (Wildman–Crippen MR) is 136 cm³/mol. The summed E-state index contributed by atoms with van der Waals surface area (Å²) in [5, 5.41) is 4.06. The summed E-state index contributed by atoms with van der Waals surface area (Å²) in [4.78, 5) is 12.6. The average molecular weight is 483 g/mol.